The summed E-state index contributed by atoms with van der Waals surface area (Å²) in [4.78, 5) is 8.39. The zero-order valence-corrected chi connectivity index (χ0v) is 12.1. The maximum absolute atomic E-state index is 13.3. The highest BCUT2D eigenvalue weighted by Crippen LogP contribution is 2.34. The normalized spacial score (nSPS) is 11.1. The second-order valence-corrected chi connectivity index (χ2v) is 5.85. The molecule has 0 saturated heterocycles. The van der Waals surface area contributed by atoms with E-state index < -0.39 is 0 Å². The summed E-state index contributed by atoms with van der Waals surface area (Å²) >= 11 is 4.53. The van der Waals surface area contributed by atoms with Crippen LogP contribution in [0.25, 0.3) is 11.0 Å². The Morgan fingerprint density at radius 1 is 1.26 bits per heavy atom. The lowest BCUT2D eigenvalue weighted by Gasteiger charge is -2.04. The molecule has 0 saturated carbocycles. The molecule has 0 aliphatic carbocycles. The van der Waals surface area contributed by atoms with Crippen molar-refractivity contribution in [2.24, 2.45) is 0 Å². The van der Waals surface area contributed by atoms with Crippen molar-refractivity contribution >= 4 is 44.4 Å². The highest BCUT2D eigenvalue weighted by Gasteiger charge is 2.10. The smallest absolute Gasteiger partial charge is 0.171 e. The van der Waals surface area contributed by atoms with Crippen molar-refractivity contribution < 1.29 is 4.39 Å². The van der Waals surface area contributed by atoms with Crippen LogP contribution in [0, 0.1) is 5.82 Å². The van der Waals surface area contributed by atoms with Gasteiger partial charge in [0.2, 0.25) is 0 Å². The van der Waals surface area contributed by atoms with Crippen LogP contribution in [0.15, 0.2) is 50.9 Å². The number of para-hydroxylation sites is 2. The van der Waals surface area contributed by atoms with Gasteiger partial charge >= 0.3 is 0 Å². The number of H-pyrrole nitrogens is 1. The Morgan fingerprint density at radius 2 is 2.05 bits per heavy atom. The molecule has 0 aliphatic rings. The molecule has 96 valence electrons. The third-order valence-electron chi connectivity index (χ3n) is 2.63. The summed E-state index contributed by atoms with van der Waals surface area (Å²) in [5, 5.41) is 0.728. The molecule has 0 spiro atoms. The zero-order chi connectivity index (χ0) is 13.4. The number of nitrogen functional groups attached to an aromatic ring is 1. The lowest BCUT2D eigenvalue weighted by molar-refractivity contribution is 0.620. The van der Waals surface area contributed by atoms with E-state index in [1.807, 2.05) is 24.3 Å². The molecule has 0 unspecified atom stereocenters. The number of benzene rings is 2. The van der Waals surface area contributed by atoms with Crippen LogP contribution in [0.1, 0.15) is 0 Å². The Morgan fingerprint density at radius 3 is 2.84 bits per heavy atom. The minimum absolute atomic E-state index is 0.369. The SMILES string of the molecule is Nc1cc(F)c(Br)cc1Sc1nc2ccccc2[nH]1. The van der Waals surface area contributed by atoms with Crippen molar-refractivity contribution in [3.63, 3.8) is 0 Å². The molecule has 3 N–H and O–H groups in total. The van der Waals surface area contributed by atoms with Gasteiger partial charge in [0.05, 0.1) is 15.5 Å². The lowest BCUT2D eigenvalue weighted by Crippen LogP contribution is -1.91. The fraction of sp³-hybridized carbons (Fsp3) is 0. The second kappa shape index (κ2) is 4.86. The number of anilines is 1. The molecule has 1 heterocycles. The molecule has 6 heteroatoms. The van der Waals surface area contributed by atoms with Crippen LogP contribution in [0.2, 0.25) is 0 Å². The van der Waals surface area contributed by atoms with Gasteiger partial charge in [0.15, 0.2) is 5.16 Å². The first-order valence-electron chi connectivity index (χ1n) is 5.50. The highest BCUT2D eigenvalue weighted by atomic mass is 79.9. The molecule has 0 radical (unpaired) electrons. The van der Waals surface area contributed by atoms with E-state index in [9.17, 15) is 4.39 Å². The van der Waals surface area contributed by atoms with Gasteiger partial charge < -0.3 is 10.7 Å². The van der Waals surface area contributed by atoms with E-state index in [4.69, 9.17) is 5.73 Å². The Labute approximate surface area is 121 Å². The van der Waals surface area contributed by atoms with Gasteiger partial charge in [-0.1, -0.05) is 12.1 Å². The Kier molecular flexibility index (Phi) is 3.20. The molecular weight excluding hydrogens is 329 g/mol. The number of hydrogen-bond donors (Lipinski definition) is 2. The van der Waals surface area contributed by atoms with Crippen LogP contribution in [0.4, 0.5) is 10.1 Å². The largest absolute Gasteiger partial charge is 0.398 e. The number of nitrogens with one attached hydrogen (secondary N) is 1. The van der Waals surface area contributed by atoms with Crippen LogP contribution in [-0.2, 0) is 0 Å². The summed E-state index contributed by atoms with van der Waals surface area (Å²) in [5.41, 5.74) is 8.06. The molecule has 19 heavy (non-hydrogen) atoms. The molecule has 0 bridgehead atoms. The van der Waals surface area contributed by atoms with Crippen molar-refractivity contribution in [1.29, 1.82) is 0 Å². The highest BCUT2D eigenvalue weighted by molar-refractivity contribution is 9.10. The third-order valence-corrected chi connectivity index (χ3v) is 4.19. The van der Waals surface area contributed by atoms with Crippen LogP contribution in [0.5, 0.6) is 0 Å². The molecule has 2 aromatic carbocycles. The number of aromatic amines is 1. The van der Waals surface area contributed by atoms with Gasteiger partial charge in [-0.15, -0.1) is 0 Å². The van der Waals surface area contributed by atoms with E-state index in [1.165, 1.54) is 17.8 Å². The Hall–Kier alpha value is -1.53. The van der Waals surface area contributed by atoms with Gasteiger partial charge in [0, 0.05) is 10.6 Å². The van der Waals surface area contributed by atoms with Crippen molar-refractivity contribution in [3.05, 3.63) is 46.7 Å². The number of nitrogens with two attached hydrogens (primary N) is 1. The lowest BCUT2D eigenvalue weighted by atomic mass is 10.3. The van der Waals surface area contributed by atoms with E-state index in [-0.39, 0.29) is 5.82 Å². The van der Waals surface area contributed by atoms with Crippen molar-refractivity contribution in [3.8, 4) is 0 Å². The summed E-state index contributed by atoms with van der Waals surface area (Å²) in [5.74, 6) is -0.369. The van der Waals surface area contributed by atoms with Gasteiger partial charge in [-0.2, -0.15) is 0 Å². The average molecular weight is 338 g/mol. The molecule has 3 rings (SSSR count). The van der Waals surface area contributed by atoms with E-state index in [2.05, 4.69) is 25.9 Å². The molecule has 0 amide bonds. The first-order valence-corrected chi connectivity index (χ1v) is 7.11. The average Bonchev–Trinajstić information content (AvgIpc) is 2.78. The summed E-state index contributed by atoms with van der Waals surface area (Å²) in [6, 6.07) is 10.7. The van der Waals surface area contributed by atoms with E-state index in [0.29, 0.717) is 10.2 Å². The zero-order valence-electron chi connectivity index (χ0n) is 9.65. The molecule has 3 aromatic rings. The minimum atomic E-state index is -0.369. The number of halogens is 2. The maximum Gasteiger partial charge on any atom is 0.171 e. The number of imidazole rings is 1. The number of hydrogen-bond acceptors (Lipinski definition) is 3. The first kappa shape index (κ1) is 12.5. The van der Waals surface area contributed by atoms with Crippen LogP contribution < -0.4 is 5.73 Å². The van der Waals surface area contributed by atoms with E-state index in [0.717, 1.165) is 21.1 Å². The molecule has 1 aromatic heterocycles. The van der Waals surface area contributed by atoms with Crippen molar-refractivity contribution in [1.82, 2.24) is 9.97 Å². The third kappa shape index (κ3) is 2.46. The van der Waals surface area contributed by atoms with Crippen molar-refractivity contribution in [2.75, 3.05) is 5.73 Å². The standard InChI is InChI=1S/C13H9BrFN3S/c14-7-5-12(9(16)6-8(7)15)19-13-17-10-3-1-2-4-11(10)18-13/h1-6H,16H2,(H,17,18). The topological polar surface area (TPSA) is 54.7 Å². The van der Waals surface area contributed by atoms with Crippen LogP contribution in [0.3, 0.4) is 0 Å². The van der Waals surface area contributed by atoms with E-state index >= 15 is 0 Å². The first-order chi connectivity index (χ1) is 9.13. The van der Waals surface area contributed by atoms with Gasteiger partial charge in [-0.05, 0) is 52.0 Å². The number of rotatable bonds is 2. The fourth-order valence-corrected chi connectivity index (χ4v) is 3.08. The monoisotopic (exact) mass is 337 g/mol. The van der Waals surface area contributed by atoms with E-state index in [1.54, 1.807) is 6.07 Å². The number of aromatic nitrogens is 2. The molecular formula is C13H9BrFN3S. The summed E-state index contributed by atoms with van der Waals surface area (Å²) < 4.78 is 13.7. The van der Waals surface area contributed by atoms with Gasteiger partial charge in [0.25, 0.3) is 0 Å². The summed E-state index contributed by atoms with van der Waals surface area (Å²) in [7, 11) is 0. The Balaban J connectivity index is 1.98. The van der Waals surface area contributed by atoms with Crippen LogP contribution >= 0.6 is 27.7 Å². The van der Waals surface area contributed by atoms with Crippen LogP contribution in [-0.4, -0.2) is 9.97 Å². The molecule has 0 aliphatic heterocycles. The second-order valence-electron chi connectivity index (χ2n) is 3.97. The molecule has 0 fully saturated rings. The minimum Gasteiger partial charge on any atom is -0.398 e. The quantitative estimate of drug-likeness (QED) is 0.689. The predicted molar refractivity (Wildman–Crippen MR) is 78.7 cm³/mol. The van der Waals surface area contributed by atoms with Crippen molar-refractivity contribution in [2.45, 2.75) is 10.1 Å². The van der Waals surface area contributed by atoms with Gasteiger partial charge in [-0.3, -0.25) is 0 Å². The predicted octanol–water partition coefficient (Wildman–Crippen LogP) is 4.20. The maximum atomic E-state index is 13.3. The summed E-state index contributed by atoms with van der Waals surface area (Å²) in [6.45, 7) is 0. The van der Waals surface area contributed by atoms with Gasteiger partial charge in [-0.25, -0.2) is 9.37 Å². The molecule has 0 atom stereocenters. The summed E-state index contributed by atoms with van der Waals surface area (Å²) in [6.07, 6.45) is 0. The fourth-order valence-electron chi connectivity index (χ4n) is 1.71. The number of fused-ring (bicyclic) bond motifs is 1. The Bertz CT molecular complexity index is 724. The molecule has 3 nitrogen and oxygen atoms in total. The number of nitrogens with zero attached hydrogens (tertiary/aromatic N) is 1. The van der Waals surface area contributed by atoms with Gasteiger partial charge in [0.1, 0.15) is 5.82 Å².